The van der Waals surface area contributed by atoms with Gasteiger partial charge < -0.3 is 24.2 Å². The van der Waals surface area contributed by atoms with Crippen LogP contribution in [0.1, 0.15) is 57.4 Å². The van der Waals surface area contributed by atoms with Gasteiger partial charge in [-0.15, -0.1) is 24.0 Å². The van der Waals surface area contributed by atoms with Gasteiger partial charge in [0.25, 0.3) is 0 Å². The van der Waals surface area contributed by atoms with Crippen LogP contribution in [0.2, 0.25) is 0 Å². The molecule has 8 heteroatoms. The smallest absolute Gasteiger partial charge is 0.194 e. The van der Waals surface area contributed by atoms with E-state index in [1.807, 2.05) is 0 Å². The first-order valence-corrected chi connectivity index (χ1v) is 10.3. The van der Waals surface area contributed by atoms with Gasteiger partial charge in [-0.25, -0.2) is 4.99 Å². The molecule has 1 aromatic heterocycles. The third kappa shape index (κ3) is 7.87. The Balaban J connectivity index is 0.00000392. The monoisotopic (exact) mass is 508 g/mol. The van der Waals surface area contributed by atoms with Crippen molar-refractivity contribution in [1.29, 1.82) is 0 Å². The molecule has 0 spiro atoms. The lowest BCUT2D eigenvalue weighted by atomic mass is 9.99. The largest absolute Gasteiger partial charge is 0.382 e. The van der Waals surface area contributed by atoms with Gasteiger partial charge in [-0.05, 0) is 26.2 Å². The third-order valence-electron chi connectivity index (χ3n) is 5.07. The lowest BCUT2D eigenvalue weighted by molar-refractivity contribution is 0.0536. The van der Waals surface area contributed by atoms with E-state index in [9.17, 15) is 0 Å². The molecule has 1 aromatic rings. The number of nitrogens with zero attached hydrogens (tertiary/aromatic N) is 3. The van der Waals surface area contributed by atoms with E-state index >= 15 is 0 Å². The highest BCUT2D eigenvalue weighted by molar-refractivity contribution is 14.0. The number of halogens is 1. The molecule has 1 aliphatic rings. The highest BCUT2D eigenvalue weighted by atomic mass is 127. The molecule has 0 radical (unpaired) electrons. The Morgan fingerprint density at radius 3 is 2.82 bits per heavy atom. The molecule has 1 saturated heterocycles. The lowest BCUT2D eigenvalue weighted by Gasteiger charge is -2.21. The van der Waals surface area contributed by atoms with E-state index in [0.717, 1.165) is 62.9 Å². The molecule has 7 nitrogen and oxygen atoms in total. The van der Waals surface area contributed by atoms with Crippen molar-refractivity contribution < 1.29 is 14.0 Å². The summed E-state index contributed by atoms with van der Waals surface area (Å²) < 4.78 is 16.2. The Morgan fingerprint density at radius 1 is 1.36 bits per heavy atom. The molecule has 0 aromatic carbocycles. The summed E-state index contributed by atoms with van der Waals surface area (Å²) in [6, 6.07) is 2.06. The number of hydrogen-bond acceptors (Lipinski definition) is 5. The SMILES string of the molecule is CCNC(=NCc1cc(C(CC)CC)no1)N1CCC(COCCOC)C1.I. The molecule has 0 amide bonds. The zero-order valence-electron chi connectivity index (χ0n) is 17.8. The number of rotatable bonds is 11. The Morgan fingerprint density at radius 2 is 2.14 bits per heavy atom. The maximum atomic E-state index is 5.69. The number of aromatic nitrogens is 1. The summed E-state index contributed by atoms with van der Waals surface area (Å²) in [4.78, 5) is 7.08. The van der Waals surface area contributed by atoms with E-state index in [1.165, 1.54) is 0 Å². The zero-order chi connectivity index (χ0) is 19.5. The van der Waals surface area contributed by atoms with Gasteiger partial charge in [0, 0.05) is 44.6 Å². The average molecular weight is 508 g/mol. The second-order valence-electron chi connectivity index (χ2n) is 7.07. The molecule has 2 heterocycles. The van der Waals surface area contributed by atoms with Crippen LogP contribution in [0.15, 0.2) is 15.6 Å². The predicted molar refractivity (Wildman–Crippen MR) is 122 cm³/mol. The third-order valence-corrected chi connectivity index (χ3v) is 5.07. The van der Waals surface area contributed by atoms with Crippen LogP contribution in [0, 0.1) is 5.92 Å². The van der Waals surface area contributed by atoms with Crippen LogP contribution in [0.4, 0.5) is 0 Å². The van der Waals surface area contributed by atoms with Crippen LogP contribution >= 0.6 is 24.0 Å². The first kappa shape index (κ1) is 25.2. The van der Waals surface area contributed by atoms with Gasteiger partial charge in [-0.3, -0.25) is 0 Å². The van der Waals surface area contributed by atoms with Crippen molar-refractivity contribution in [1.82, 2.24) is 15.4 Å². The van der Waals surface area contributed by atoms with Gasteiger partial charge in [0.15, 0.2) is 11.7 Å². The van der Waals surface area contributed by atoms with E-state index in [2.05, 4.69) is 42.2 Å². The standard InChI is InChI=1S/C20H36N4O3.HI/c1-5-17(6-2)19-12-18(27-23-19)13-22-20(21-7-3)24-9-8-16(14-24)15-26-11-10-25-4;/h12,16-17H,5-11,13-15H2,1-4H3,(H,21,22);1H. The maximum Gasteiger partial charge on any atom is 0.194 e. The molecule has 1 atom stereocenters. The fraction of sp³-hybridized carbons (Fsp3) is 0.800. The Labute approximate surface area is 186 Å². The summed E-state index contributed by atoms with van der Waals surface area (Å²) in [7, 11) is 1.70. The summed E-state index contributed by atoms with van der Waals surface area (Å²) in [5, 5.41) is 7.63. The van der Waals surface area contributed by atoms with E-state index < -0.39 is 0 Å². The minimum atomic E-state index is 0. The molecule has 0 saturated carbocycles. The molecule has 0 bridgehead atoms. The molecular weight excluding hydrogens is 471 g/mol. The highest BCUT2D eigenvalue weighted by Gasteiger charge is 2.25. The molecular formula is C20H37IN4O3. The number of hydrogen-bond donors (Lipinski definition) is 1. The van der Waals surface area contributed by atoms with Crippen molar-refractivity contribution in [3.05, 3.63) is 17.5 Å². The minimum Gasteiger partial charge on any atom is -0.382 e. The summed E-state index contributed by atoms with van der Waals surface area (Å²) in [6.45, 7) is 11.9. The van der Waals surface area contributed by atoms with E-state index in [-0.39, 0.29) is 24.0 Å². The summed E-state index contributed by atoms with van der Waals surface area (Å²) in [5.74, 6) is 2.78. The number of ether oxygens (including phenoxy) is 2. The van der Waals surface area contributed by atoms with E-state index in [4.69, 9.17) is 19.0 Å². The van der Waals surface area contributed by atoms with Crippen molar-refractivity contribution in [2.24, 2.45) is 10.9 Å². The predicted octanol–water partition coefficient (Wildman–Crippen LogP) is 3.65. The van der Waals surface area contributed by atoms with Gasteiger partial charge in [-0.2, -0.15) is 0 Å². The second-order valence-corrected chi connectivity index (χ2v) is 7.07. The van der Waals surface area contributed by atoms with Gasteiger partial charge in [0.05, 0.1) is 25.5 Å². The summed E-state index contributed by atoms with van der Waals surface area (Å²) >= 11 is 0. The Bertz CT molecular complexity index is 563. The minimum absolute atomic E-state index is 0. The highest BCUT2D eigenvalue weighted by Crippen LogP contribution is 2.23. The van der Waals surface area contributed by atoms with Gasteiger partial charge in [0.1, 0.15) is 6.54 Å². The Kier molecular flexibility index (Phi) is 12.7. The zero-order valence-corrected chi connectivity index (χ0v) is 20.1. The molecule has 0 aliphatic carbocycles. The first-order valence-electron chi connectivity index (χ1n) is 10.3. The summed E-state index contributed by atoms with van der Waals surface area (Å²) in [5.41, 5.74) is 1.05. The molecule has 162 valence electrons. The molecule has 1 aliphatic heterocycles. The molecule has 1 unspecified atom stereocenters. The quantitative estimate of drug-likeness (QED) is 0.213. The topological polar surface area (TPSA) is 72.1 Å². The van der Waals surface area contributed by atoms with E-state index in [1.54, 1.807) is 7.11 Å². The number of methoxy groups -OCH3 is 1. The number of nitrogens with one attached hydrogen (secondary N) is 1. The van der Waals surface area contributed by atoms with Crippen LogP contribution in [-0.2, 0) is 16.0 Å². The van der Waals surface area contributed by atoms with Crippen molar-refractivity contribution >= 4 is 29.9 Å². The Hall–Kier alpha value is -0.870. The average Bonchev–Trinajstić information content (AvgIpc) is 3.33. The van der Waals surface area contributed by atoms with Crippen LogP contribution in [0.3, 0.4) is 0 Å². The second kappa shape index (κ2) is 14.2. The van der Waals surface area contributed by atoms with Crippen LogP contribution in [0.5, 0.6) is 0 Å². The first-order chi connectivity index (χ1) is 13.2. The van der Waals surface area contributed by atoms with Gasteiger partial charge in [0.2, 0.25) is 0 Å². The number of guanidine groups is 1. The van der Waals surface area contributed by atoms with Crippen molar-refractivity contribution in [3.63, 3.8) is 0 Å². The van der Waals surface area contributed by atoms with Crippen molar-refractivity contribution in [3.8, 4) is 0 Å². The van der Waals surface area contributed by atoms with Crippen LogP contribution in [-0.4, -0.2) is 62.6 Å². The normalized spacial score (nSPS) is 17.2. The summed E-state index contributed by atoms with van der Waals surface area (Å²) in [6.07, 6.45) is 3.28. The van der Waals surface area contributed by atoms with E-state index in [0.29, 0.717) is 31.6 Å². The maximum absolute atomic E-state index is 5.69. The van der Waals surface area contributed by atoms with Gasteiger partial charge in [-0.1, -0.05) is 19.0 Å². The lowest BCUT2D eigenvalue weighted by Crippen LogP contribution is -2.40. The van der Waals surface area contributed by atoms with Crippen LogP contribution < -0.4 is 5.32 Å². The molecule has 1 fully saturated rings. The number of likely N-dealkylation sites (tertiary alicyclic amines) is 1. The molecule has 2 rings (SSSR count). The fourth-order valence-corrected chi connectivity index (χ4v) is 3.43. The molecule has 28 heavy (non-hydrogen) atoms. The van der Waals surface area contributed by atoms with Crippen LogP contribution in [0.25, 0.3) is 0 Å². The molecule has 1 N–H and O–H groups in total. The number of aliphatic imine (C=N–C) groups is 1. The van der Waals surface area contributed by atoms with Gasteiger partial charge >= 0.3 is 0 Å². The van der Waals surface area contributed by atoms with Crippen molar-refractivity contribution in [2.45, 2.75) is 52.5 Å². The van der Waals surface area contributed by atoms with Crippen molar-refractivity contribution in [2.75, 3.05) is 46.6 Å². The fourth-order valence-electron chi connectivity index (χ4n) is 3.43.